The van der Waals surface area contributed by atoms with E-state index < -0.39 is 11.6 Å². The number of carboxylic acids is 1. The molecule has 0 saturated heterocycles. The average molecular weight is 264 g/mol. The summed E-state index contributed by atoms with van der Waals surface area (Å²) in [6.45, 7) is 0.427. The topological polar surface area (TPSA) is 86.8 Å². The molecule has 5 nitrogen and oxygen atoms in total. The Balaban J connectivity index is 2.24. The molecule has 5 heteroatoms. The van der Waals surface area contributed by atoms with Gasteiger partial charge in [0, 0.05) is 19.3 Å². The zero-order chi connectivity index (χ0) is 14.0. The van der Waals surface area contributed by atoms with Crippen LogP contribution in [-0.4, -0.2) is 35.4 Å². The third-order valence-corrected chi connectivity index (χ3v) is 3.73. The second-order valence-electron chi connectivity index (χ2n) is 5.37. The van der Waals surface area contributed by atoms with Gasteiger partial charge in [0.2, 0.25) is 0 Å². The molecule has 1 aromatic carbocycles. The summed E-state index contributed by atoms with van der Waals surface area (Å²) in [4.78, 5) is 13.0. The molecule has 0 bridgehead atoms. The van der Waals surface area contributed by atoms with Crippen LogP contribution in [0.5, 0.6) is 0 Å². The Kier molecular flexibility index (Phi) is 3.66. The van der Waals surface area contributed by atoms with Gasteiger partial charge in [0.25, 0.3) is 0 Å². The standard InChI is InChI=1S/C14H20N2O3/c1-16(9-14(19)6-2-3-7-14)12-8-10(15)4-5-11(12)13(17)18/h4-5,8,19H,2-3,6-7,9,15H2,1H3,(H,17,18). The van der Waals surface area contributed by atoms with Gasteiger partial charge in [-0.3, -0.25) is 0 Å². The van der Waals surface area contributed by atoms with E-state index in [1.54, 1.807) is 24.1 Å². The molecule has 1 fully saturated rings. The summed E-state index contributed by atoms with van der Waals surface area (Å²) in [7, 11) is 1.79. The fourth-order valence-corrected chi connectivity index (χ4v) is 2.76. The predicted octanol–water partition coefficient (Wildman–Crippen LogP) is 1.71. The van der Waals surface area contributed by atoms with E-state index in [4.69, 9.17) is 5.73 Å². The lowest BCUT2D eigenvalue weighted by atomic mass is 10.0. The van der Waals surface area contributed by atoms with Gasteiger partial charge >= 0.3 is 5.97 Å². The Morgan fingerprint density at radius 2 is 2.05 bits per heavy atom. The molecular formula is C14H20N2O3. The Morgan fingerprint density at radius 3 is 2.63 bits per heavy atom. The first-order chi connectivity index (χ1) is 8.91. The van der Waals surface area contributed by atoms with Crippen LogP contribution < -0.4 is 10.6 Å². The fourth-order valence-electron chi connectivity index (χ4n) is 2.76. The average Bonchev–Trinajstić information content (AvgIpc) is 2.75. The molecule has 0 amide bonds. The highest BCUT2D eigenvalue weighted by Gasteiger charge is 2.33. The number of likely N-dealkylation sites (N-methyl/N-ethyl adjacent to an activating group) is 1. The minimum Gasteiger partial charge on any atom is -0.478 e. The van der Waals surface area contributed by atoms with E-state index >= 15 is 0 Å². The van der Waals surface area contributed by atoms with Crippen LogP contribution in [0.25, 0.3) is 0 Å². The minimum absolute atomic E-state index is 0.207. The largest absolute Gasteiger partial charge is 0.478 e. The first-order valence-electron chi connectivity index (χ1n) is 6.48. The van der Waals surface area contributed by atoms with Crippen LogP contribution in [0.4, 0.5) is 11.4 Å². The molecule has 19 heavy (non-hydrogen) atoms. The normalized spacial score (nSPS) is 17.4. The highest BCUT2D eigenvalue weighted by molar-refractivity contribution is 5.95. The van der Waals surface area contributed by atoms with E-state index in [1.807, 2.05) is 0 Å². The Morgan fingerprint density at radius 1 is 1.42 bits per heavy atom. The molecule has 0 heterocycles. The first-order valence-corrected chi connectivity index (χ1v) is 6.48. The summed E-state index contributed by atoms with van der Waals surface area (Å²) >= 11 is 0. The van der Waals surface area contributed by atoms with Crippen molar-refractivity contribution in [3.8, 4) is 0 Å². The van der Waals surface area contributed by atoms with Gasteiger partial charge in [0.05, 0.1) is 16.9 Å². The molecule has 0 spiro atoms. The van der Waals surface area contributed by atoms with Crippen LogP contribution in [0.1, 0.15) is 36.0 Å². The first kappa shape index (κ1) is 13.7. The van der Waals surface area contributed by atoms with Gasteiger partial charge in [-0.1, -0.05) is 12.8 Å². The lowest BCUT2D eigenvalue weighted by Crippen LogP contribution is -2.39. The van der Waals surface area contributed by atoms with Gasteiger partial charge in [-0.05, 0) is 31.0 Å². The number of hydrogen-bond acceptors (Lipinski definition) is 4. The quantitative estimate of drug-likeness (QED) is 0.721. The number of aliphatic hydroxyl groups is 1. The molecular weight excluding hydrogens is 244 g/mol. The Bertz CT molecular complexity index is 482. The molecule has 1 aliphatic rings. The second-order valence-corrected chi connectivity index (χ2v) is 5.37. The third kappa shape index (κ3) is 2.98. The van der Waals surface area contributed by atoms with Crippen molar-refractivity contribution in [2.75, 3.05) is 24.2 Å². The van der Waals surface area contributed by atoms with Crippen molar-refractivity contribution in [2.24, 2.45) is 0 Å². The second kappa shape index (κ2) is 5.09. The summed E-state index contributed by atoms with van der Waals surface area (Å²) in [5.41, 5.74) is 6.29. The number of nitrogens with two attached hydrogens (primary N) is 1. The van der Waals surface area contributed by atoms with E-state index in [1.165, 1.54) is 6.07 Å². The van der Waals surface area contributed by atoms with Crippen LogP contribution in [0.3, 0.4) is 0 Å². The zero-order valence-electron chi connectivity index (χ0n) is 11.1. The van der Waals surface area contributed by atoms with E-state index in [-0.39, 0.29) is 5.56 Å². The van der Waals surface area contributed by atoms with Gasteiger partial charge in [0.1, 0.15) is 0 Å². The molecule has 1 aliphatic carbocycles. The van der Waals surface area contributed by atoms with E-state index in [0.29, 0.717) is 17.9 Å². The lowest BCUT2D eigenvalue weighted by molar-refractivity contribution is 0.0555. The van der Waals surface area contributed by atoms with Crippen LogP contribution in [0.15, 0.2) is 18.2 Å². The Hall–Kier alpha value is -1.75. The number of hydrogen-bond donors (Lipinski definition) is 3. The maximum absolute atomic E-state index is 11.2. The number of benzene rings is 1. The monoisotopic (exact) mass is 264 g/mol. The highest BCUT2D eigenvalue weighted by atomic mass is 16.4. The van der Waals surface area contributed by atoms with Crippen molar-refractivity contribution in [1.29, 1.82) is 0 Å². The van der Waals surface area contributed by atoms with Gasteiger partial charge in [-0.25, -0.2) is 4.79 Å². The molecule has 0 atom stereocenters. The number of nitrogen functional groups attached to an aromatic ring is 1. The van der Waals surface area contributed by atoms with Gasteiger partial charge < -0.3 is 20.8 Å². The molecule has 104 valence electrons. The number of aromatic carboxylic acids is 1. The summed E-state index contributed by atoms with van der Waals surface area (Å²) in [5, 5.41) is 19.6. The summed E-state index contributed by atoms with van der Waals surface area (Å²) in [5.74, 6) is -0.986. The zero-order valence-corrected chi connectivity index (χ0v) is 11.1. The van der Waals surface area contributed by atoms with Gasteiger partial charge in [-0.2, -0.15) is 0 Å². The molecule has 0 unspecified atom stereocenters. The lowest BCUT2D eigenvalue weighted by Gasteiger charge is -2.30. The third-order valence-electron chi connectivity index (χ3n) is 3.73. The molecule has 1 saturated carbocycles. The van der Waals surface area contributed by atoms with Crippen LogP contribution in [0, 0.1) is 0 Å². The van der Waals surface area contributed by atoms with Gasteiger partial charge in [0.15, 0.2) is 0 Å². The highest BCUT2D eigenvalue weighted by Crippen LogP contribution is 2.32. The molecule has 4 N–H and O–H groups in total. The summed E-state index contributed by atoms with van der Waals surface area (Å²) in [6.07, 6.45) is 3.57. The number of carboxylic acid groups (broad SMARTS) is 1. The fraction of sp³-hybridized carbons (Fsp3) is 0.500. The van der Waals surface area contributed by atoms with Crippen molar-refractivity contribution in [3.63, 3.8) is 0 Å². The van der Waals surface area contributed by atoms with Gasteiger partial charge in [-0.15, -0.1) is 0 Å². The van der Waals surface area contributed by atoms with Crippen molar-refractivity contribution >= 4 is 17.3 Å². The summed E-state index contributed by atoms with van der Waals surface area (Å²) < 4.78 is 0. The number of anilines is 2. The number of carbonyl (C=O) groups is 1. The molecule has 0 aliphatic heterocycles. The van der Waals surface area contributed by atoms with Crippen molar-refractivity contribution in [1.82, 2.24) is 0 Å². The van der Waals surface area contributed by atoms with E-state index in [0.717, 1.165) is 25.7 Å². The predicted molar refractivity (Wildman–Crippen MR) is 74.5 cm³/mol. The van der Waals surface area contributed by atoms with Crippen molar-refractivity contribution < 1.29 is 15.0 Å². The molecule has 2 rings (SSSR count). The van der Waals surface area contributed by atoms with Crippen LogP contribution >= 0.6 is 0 Å². The molecule has 1 aromatic rings. The number of nitrogens with zero attached hydrogens (tertiary/aromatic N) is 1. The molecule has 0 radical (unpaired) electrons. The van der Waals surface area contributed by atoms with Crippen LogP contribution in [0.2, 0.25) is 0 Å². The minimum atomic E-state index is -0.986. The van der Waals surface area contributed by atoms with E-state index in [9.17, 15) is 15.0 Å². The van der Waals surface area contributed by atoms with Crippen LogP contribution in [-0.2, 0) is 0 Å². The number of rotatable bonds is 4. The van der Waals surface area contributed by atoms with Crippen molar-refractivity contribution in [2.45, 2.75) is 31.3 Å². The summed E-state index contributed by atoms with van der Waals surface area (Å²) in [6, 6.07) is 4.72. The smallest absolute Gasteiger partial charge is 0.337 e. The van der Waals surface area contributed by atoms with Crippen molar-refractivity contribution in [3.05, 3.63) is 23.8 Å². The SMILES string of the molecule is CN(CC1(O)CCCC1)c1cc(N)ccc1C(=O)O. The maximum Gasteiger partial charge on any atom is 0.337 e. The molecule has 0 aromatic heterocycles. The maximum atomic E-state index is 11.2. The Labute approximate surface area is 112 Å². The van der Waals surface area contributed by atoms with E-state index in [2.05, 4.69) is 0 Å².